The van der Waals surface area contributed by atoms with Crippen molar-refractivity contribution in [3.05, 3.63) is 112 Å². The summed E-state index contributed by atoms with van der Waals surface area (Å²) >= 11 is 2.84. The maximum Gasteiger partial charge on any atom is 0.341 e. The van der Waals surface area contributed by atoms with Crippen molar-refractivity contribution >= 4 is 63.6 Å². The maximum absolute atomic E-state index is 13.7. The molecule has 3 N–H and O–H groups in total. The molecule has 50 heavy (non-hydrogen) atoms. The molecule has 0 saturated heterocycles. The van der Waals surface area contributed by atoms with Crippen molar-refractivity contribution in [1.82, 2.24) is 5.32 Å². The number of thioether (sulfide) groups is 1. The SMILES string of the molecule is CCC(Sc1cccc(NC(=O)/C(=C\c2ccccc2OC)NC(=O)c2ccccc2)c1)C(=O)Nc1sc2c(c1C(=O)OC)CCCCCC2. The molecule has 260 valence electrons. The van der Waals surface area contributed by atoms with Crippen LogP contribution in [0.1, 0.15) is 75.7 Å². The normalized spacial score (nSPS) is 13.5. The van der Waals surface area contributed by atoms with Crippen LogP contribution in [0.3, 0.4) is 0 Å². The molecule has 0 fully saturated rings. The van der Waals surface area contributed by atoms with Crippen molar-refractivity contribution in [1.29, 1.82) is 0 Å². The number of ether oxygens (including phenoxy) is 2. The van der Waals surface area contributed by atoms with Crippen molar-refractivity contribution in [3.8, 4) is 5.75 Å². The lowest BCUT2D eigenvalue weighted by molar-refractivity contribution is -0.116. The van der Waals surface area contributed by atoms with E-state index < -0.39 is 23.0 Å². The predicted octanol–water partition coefficient (Wildman–Crippen LogP) is 8.12. The van der Waals surface area contributed by atoms with Gasteiger partial charge in [-0.1, -0.05) is 62.2 Å². The van der Waals surface area contributed by atoms with E-state index in [1.54, 1.807) is 60.7 Å². The molecule has 11 heteroatoms. The van der Waals surface area contributed by atoms with E-state index in [1.807, 2.05) is 31.2 Å². The number of anilines is 2. The molecule has 0 radical (unpaired) electrons. The molecule has 1 heterocycles. The largest absolute Gasteiger partial charge is 0.496 e. The standard InChI is InChI=1S/C39H41N3O6S2/c1-4-32(37(45)42-38-34(39(46)48-3)29-20-10-5-6-11-22-33(29)50-38)49-28-19-14-18-27(24-28)40-36(44)30(23-26-17-12-13-21-31(26)47-2)41-35(43)25-15-8-7-9-16-25/h7-9,12-19,21,23-24,32H,4-6,10-11,20,22H2,1-3H3,(H,40,44)(H,41,43)(H,42,45)/b30-23+. The van der Waals surface area contributed by atoms with Crippen LogP contribution in [-0.4, -0.2) is 43.2 Å². The summed E-state index contributed by atoms with van der Waals surface area (Å²) in [6.07, 6.45) is 8.11. The Morgan fingerprint density at radius 1 is 0.880 bits per heavy atom. The minimum Gasteiger partial charge on any atom is -0.496 e. The zero-order valence-corrected chi connectivity index (χ0v) is 30.0. The second kappa shape index (κ2) is 17.7. The quantitative estimate of drug-likeness (QED) is 0.0771. The molecule has 1 aliphatic rings. The van der Waals surface area contributed by atoms with Crippen LogP contribution < -0.4 is 20.7 Å². The molecule has 1 unspecified atom stereocenters. The number of hydrogen-bond donors (Lipinski definition) is 3. The number of amides is 3. The van der Waals surface area contributed by atoms with Gasteiger partial charge in [-0.05, 0) is 80.1 Å². The van der Waals surface area contributed by atoms with E-state index in [0.717, 1.165) is 53.9 Å². The molecule has 9 nitrogen and oxygen atoms in total. The number of hydrogen-bond acceptors (Lipinski definition) is 8. The van der Waals surface area contributed by atoms with Gasteiger partial charge in [0, 0.05) is 26.6 Å². The monoisotopic (exact) mass is 711 g/mol. The van der Waals surface area contributed by atoms with E-state index in [9.17, 15) is 19.2 Å². The van der Waals surface area contributed by atoms with E-state index in [4.69, 9.17) is 9.47 Å². The van der Waals surface area contributed by atoms with Gasteiger partial charge in [0.25, 0.3) is 11.8 Å². The Hall–Kier alpha value is -4.87. The highest BCUT2D eigenvalue weighted by atomic mass is 32.2. The molecule has 4 aromatic rings. The van der Waals surface area contributed by atoms with E-state index in [1.165, 1.54) is 37.3 Å². The minimum absolute atomic E-state index is 0.0266. The summed E-state index contributed by atoms with van der Waals surface area (Å²) in [7, 11) is 2.90. The maximum atomic E-state index is 13.7. The van der Waals surface area contributed by atoms with Gasteiger partial charge in [-0.15, -0.1) is 23.1 Å². The Labute approximate surface area is 300 Å². The van der Waals surface area contributed by atoms with E-state index in [0.29, 0.717) is 39.5 Å². The van der Waals surface area contributed by atoms with Gasteiger partial charge >= 0.3 is 5.97 Å². The lowest BCUT2D eigenvalue weighted by Crippen LogP contribution is -2.30. The summed E-state index contributed by atoms with van der Waals surface area (Å²) < 4.78 is 10.6. The third-order valence-corrected chi connectivity index (χ3v) is 10.9. The molecular weight excluding hydrogens is 671 g/mol. The van der Waals surface area contributed by atoms with Crippen LogP contribution in [0.15, 0.2) is 89.5 Å². The first-order valence-corrected chi connectivity index (χ1v) is 18.3. The van der Waals surface area contributed by atoms with Gasteiger partial charge in [0.1, 0.15) is 16.4 Å². The number of carbonyl (C=O) groups is 4. The Morgan fingerprint density at radius 3 is 2.36 bits per heavy atom. The Balaban J connectivity index is 1.33. The summed E-state index contributed by atoms with van der Waals surface area (Å²) in [5, 5.41) is 8.77. The van der Waals surface area contributed by atoms with Crippen LogP contribution in [0.2, 0.25) is 0 Å². The summed E-state index contributed by atoms with van der Waals surface area (Å²) in [5.74, 6) is -1.06. The summed E-state index contributed by atoms with van der Waals surface area (Å²) in [6.45, 7) is 1.93. The van der Waals surface area contributed by atoms with Gasteiger partial charge in [-0.25, -0.2) is 4.79 Å². The third kappa shape index (κ3) is 9.22. The smallest absolute Gasteiger partial charge is 0.341 e. The minimum atomic E-state index is -0.532. The molecule has 0 bridgehead atoms. The first-order valence-electron chi connectivity index (χ1n) is 16.6. The number of nitrogens with one attached hydrogen (secondary N) is 3. The van der Waals surface area contributed by atoms with Gasteiger partial charge in [-0.2, -0.15) is 0 Å². The molecule has 3 aromatic carbocycles. The highest BCUT2D eigenvalue weighted by Gasteiger charge is 2.28. The molecular formula is C39H41N3O6S2. The number of fused-ring (bicyclic) bond motifs is 1. The fourth-order valence-corrected chi connectivity index (χ4v) is 8.03. The first-order chi connectivity index (χ1) is 24.3. The second-order valence-electron chi connectivity index (χ2n) is 11.7. The van der Waals surface area contributed by atoms with Crippen LogP contribution in [0.25, 0.3) is 6.08 Å². The average Bonchev–Trinajstić information content (AvgIpc) is 3.45. The highest BCUT2D eigenvalue weighted by Crippen LogP contribution is 2.38. The zero-order chi connectivity index (χ0) is 35.5. The average molecular weight is 712 g/mol. The summed E-state index contributed by atoms with van der Waals surface area (Å²) in [4.78, 5) is 55.2. The van der Waals surface area contributed by atoms with Crippen LogP contribution in [0.4, 0.5) is 10.7 Å². The topological polar surface area (TPSA) is 123 Å². The van der Waals surface area contributed by atoms with Crippen LogP contribution in [0, 0.1) is 0 Å². The van der Waals surface area contributed by atoms with Gasteiger partial charge in [-0.3, -0.25) is 14.4 Å². The second-order valence-corrected chi connectivity index (χ2v) is 14.1. The fourth-order valence-electron chi connectivity index (χ4n) is 5.73. The zero-order valence-electron chi connectivity index (χ0n) is 28.4. The van der Waals surface area contributed by atoms with Gasteiger partial charge in [0.2, 0.25) is 5.91 Å². The number of esters is 1. The number of benzene rings is 3. The molecule has 1 aromatic heterocycles. The molecule has 3 amide bonds. The number of rotatable bonds is 12. The summed E-state index contributed by atoms with van der Waals surface area (Å²) in [5.41, 5.74) is 3.01. The lowest BCUT2D eigenvalue weighted by Gasteiger charge is -2.16. The number of methoxy groups -OCH3 is 2. The molecule has 1 atom stereocenters. The Morgan fingerprint density at radius 2 is 1.62 bits per heavy atom. The van der Waals surface area contributed by atoms with Gasteiger partial charge in [0.05, 0.1) is 25.0 Å². The first kappa shape index (κ1) is 36.4. The van der Waals surface area contributed by atoms with E-state index in [-0.39, 0.29) is 11.6 Å². The van der Waals surface area contributed by atoms with Crippen molar-refractivity contribution in [3.63, 3.8) is 0 Å². The lowest BCUT2D eigenvalue weighted by atomic mass is 9.96. The van der Waals surface area contributed by atoms with Crippen molar-refractivity contribution < 1.29 is 28.7 Å². The van der Waals surface area contributed by atoms with Crippen LogP contribution in [0.5, 0.6) is 5.75 Å². The van der Waals surface area contributed by atoms with E-state index in [2.05, 4.69) is 16.0 Å². The molecule has 0 spiro atoms. The Kier molecular flexibility index (Phi) is 12.9. The molecule has 1 aliphatic carbocycles. The fraction of sp³-hybridized carbons (Fsp3) is 0.282. The molecule has 0 aliphatic heterocycles. The van der Waals surface area contributed by atoms with Crippen LogP contribution in [-0.2, 0) is 27.2 Å². The van der Waals surface area contributed by atoms with Crippen LogP contribution >= 0.6 is 23.1 Å². The number of carbonyl (C=O) groups excluding carboxylic acids is 4. The van der Waals surface area contributed by atoms with Crippen molar-refractivity contribution in [2.75, 3.05) is 24.9 Å². The number of para-hydroxylation sites is 1. The molecule has 0 saturated carbocycles. The predicted molar refractivity (Wildman–Crippen MR) is 200 cm³/mol. The van der Waals surface area contributed by atoms with Gasteiger partial charge < -0.3 is 25.4 Å². The van der Waals surface area contributed by atoms with Crippen molar-refractivity contribution in [2.24, 2.45) is 0 Å². The Bertz CT molecular complexity index is 1870. The molecule has 5 rings (SSSR count). The van der Waals surface area contributed by atoms with Crippen molar-refractivity contribution in [2.45, 2.75) is 62.0 Å². The summed E-state index contributed by atoms with van der Waals surface area (Å²) in [6, 6.07) is 23.0. The van der Waals surface area contributed by atoms with E-state index >= 15 is 0 Å². The number of aryl methyl sites for hydroxylation is 1. The van der Waals surface area contributed by atoms with Gasteiger partial charge in [0.15, 0.2) is 0 Å². The number of thiophene rings is 1. The third-order valence-electron chi connectivity index (χ3n) is 8.30. The highest BCUT2D eigenvalue weighted by molar-refractivity contribution is 8.00.